The van der Waals surface area contributed by atoms with Gasteiger partial charge in [-0.25, -0.2) is 18.6 Å². The van der Waals surface area contributed by atoms with E-state index in [9.17, 15) is 13.6 Å². The summed E-state index contributed by atoms with van der Waals surface area (Å²) in [5, 5.41) is 11.3. The largest absolute Gasteiger partial charge is 0.484 e. The van der Waals surface area contributed by atoms with Crippen LogP contribution in [0.25, 0.3) is 0 Å². The minimum Gasteiger partial charge on any atom is -0.484 e. The molecule has 156 valence electrons. The SMILES string of the molecule is Nc1nc(C2CCCN2c2cc(F)c(OC3CCN(C(=O)O)CC3)c(F)c2)cs1. The summed E-state index contributed by atoms with van der Waals surface area (Å²) in [6.45, 7) is 1.25. The van der Waals surface area contributed by atoms with Gasteiger partial charge in [0.05, 0.1) is 11.7 Å². The Kier molecular flexibility index (Phi) is 5.44. The molecule has 4 rings (SSSR count). The highest BCUT2D eigenvalue weighted by atomic mass is 32.1. The number of nitrogens with zero attached hydrogens (tertiary/aromatic N) is 3. The second-order valence-corrected chi connectivity index (χ2v) is 8.18. The highest BCUT2D eigenvalue weighted by Crippen LogP contribution is 2.39. The van der Waals surface area contributed by atoms with Crippen LogP contribution < -0.4 is 15.4 Å². The number of benzene rings is 1. The topological polar surface area (TPSA) is 91.9 Å². The summed E-state index contributed by atoms with van der Waals surface area (Å²) in [5.41, 5.74) is 6.99. The maximum absolute atomic E-state index is 14.7. The zero-order chi connectivity index (χ0) is 20.5. The molecule has 2 fully saturated rings. The number of nitrogen functional groups attached to an aromatic ring is 1. The van der Waals surface area contributed by atoms with Gasteiger partial charge in [-0.15, -0.1) is 11.3 Å². The minimum absolute atomic E-state index is 0.0607. The number of hydrogen-bond acceptors (Lipinski definition) is 6. The summed E-state index contributed by atoms with van der Waals surface area (Å²) in [7, 11) is 0. The molecule has 1 aromatic carbocycles. The minimum atomic E-state index is -0.993. The molecule has 0 saturated carbocycles. The number of carboxylic acid groups (broad SMARTS) is 1. The van der Waals surface area contributed by atoms with E-state index in [2.05, 4.69) is 4.98 Å². The lowest BCUT2D eigenvalue weighted by Gasteiger charge is -2.31. The predicted molar refractivity (Wildman–Crippen MR) is 105 cm³/mol. The van der Waals surface area contributed by atoms with Crippen molar-refractivity contribution >= 4 is 28.2 Å². The van der Waals surface area contributed by atoms with Crippen LogP contribution in [0.1, 0.15) is 37.4 Å². The molecule has 1 amide bonds. The standard InChI is InChI=1S/C19H22F2N4O3S/c20-13-8-11(25-5-1-2-16(25)15-10-29-18(22)23-15)9-14(21)17(13)28-12-3-6-24(7-4-12)19(26)27/h8-10,12,16H,1-7H2,(H2,22,23)(H,26,27). The van der Waals surface area contributed by atoms with Crippen molar-refractivity contribution in [3.8, 4) is 5.75 Å². The van der Waals surface area contributed by atoms with Crippen molar-refractivity contribution in [2.24, 2.45) is 0 Å². The molecule has 0 spiro atoms. The smallest absolute Gasteiger partial charge is 0.407 e. The first-order chi connectivity index (χ1) is 13.9. The fraction of sp³-hybridized carbons (Fsp3) is 0.474. The number of halogens is 2. The van der Waals surface area contributed by atoms with E-state index in [1.807, 2.05) is 10.3 Å². The monoisotopic (exact) mass is 424 g/mol. The molecule has 2 aliphatic rings. The van der Waals surface area contributed by atoms with Crippen molar-refractivity contribution in [3.05, 3.63) is 34.8 Å². The lowest BCUT2D eigenvalue weighted by atomic mass is 10.1. The van der Waals surface area contributed by atoms with E-state index in [-0.39, 0.29) is 19.1 Å². The lowest BCUT2D eigenvalue weighted by Crippen LogP contribution is -2.41. The normalized spacial score (nSPS) is 20.3. The molecular weight excluding hydrogens is 402 g/mol. The number of carbonyl (C=O) groups is 1. The molecule has 0 radical (unpaired) electrons. The average molecular weight is 424 g/mol. The van der Waals surface area contributed by atoms with Crippen molar-refractivity contribution in [2.75, 3.05) is 30.3 Å². The van der Waals surface area contributed by atoms with Gasteiger partial charge >= 0.3 is 6.09 Å². The first-order valence-electron chi connectivity index (χ1n) is 9.53. The third kappa shape index (κ3) is 4.07. The molecule has 7 nitrogen and oxygen atoms in total. The Hall–Kier alpha value is -2.62. The van der Waals surface area contributed by atoms with Crippen LogP contribution in [-0.2, 0) is 0 Å². The number of thiazole rings is 1. The first kappa shape index (κ1) is 19.7. The zero-order valence-electron chi connectivity index (χ0n) is 15.7. The Bertz CT molecular complexity index is 878. The quantitative estimate of drug-likeness (QED) is 0.774. The summed E-state index contributed by atoms with van der Waals surface area (Å²) < 4.78 is 35.0. The number of hydrogen-bond donors (Lipinski definition) is 2. The molecule has 10 heteroatoms. The Labute approximate surface area is 170 Å². The van der Waals surface area contributed by atoms with Crippen LogP contribution >= 0.6 is 11.3 Å². The third-order valence-electron chi connectivity index (χ3n) is 5.45. The van der Waals surface area contributed by atoms with Gasteiger partial charge in [0.15, 0.2) is 22.5 Å². The van der Waals surface area contributed by atoms with Crippen LogP contribution in [0.4, 0.5) is 24.4 Å². The number of nitrogens with two attached hydrogens (primary N) is 1. The van der Waals surface area contributed by atoms with Gasteiger partial charge in [0.2, 0.25) is 0 Å². The van der Waals surface area contributed by atoms with Gasteiger partial charge in [0, 0.05) is 55.7 Å². The van der Waals surface area contributed by atoms with Gasteiger partial charge in [0.1, 0.15) is 6.10 Å². The summed E-state index contributed by atoms with van der Waals surface area (Å²) in [5.74, 6) is -1.93. The van der Waals surface area contributed by atoms with Gasteiger partial charge in [-0.2, -0.15) is 0 Å². The molecule has 2 aromatic rings. The van der Waals surface area contributed by atoms with E-state index in [0.29, 0.717) is 30.2 Å². The molecule has 2 aliphatic heterocycles. The maximum atomic E-state index is 14.7. The van der Waals surface area contributed by atoms with E-state index >= 15 is 0 Å². The molecule has 2 saturated heterocycles. The molecule has 0 aliphatic carbocycles. The van der Waals surface area contributed by atoms with Crippen molar-refractivity contribution in [3.63, 3.8) is 0 Å². The van der Waals surface area contributed by atoms with Gasteiger partial charge in [0.25, 0.3) is 0 Å². The summed E-state index contributed by atoms with van der Waals surface area (Å²) in [6.07, 6.45) is 1.11. The Morgan fingerprint density at radius 3 is 2.48 bits per heavy atom. The van der Waals surface area contributed by atoms with Crippen LogP contribution in [0.5, 0.6) is 5.75 Å². The molecule has 1 atom stereocenters. The summed E-state index contributed by atoms with van der Waals surface area (Å²) in [4.78, 5) is 18.5. The molecule has 3 heterocycles. The molecule has 1 unspecified atom stereocenters. The van der Waals surface area contributed by atoms with Crippen molar-refractivity contribution in [1.29, 1.82) is 0 Å². The third-order valence-corrected chi connectivity index (χ3v) is 6.14. The summed E-state index contributed by atoms with van der Waals surface area (Å²) >= 11 is 1.35. The number of likely N-dealkylation sites (tertiary alicyclic amines) is 1. The molecule has 29 heavy (non-hydrogen) atoms. The van der Waals surface area contributed by atoms with E-state index in [1.54, 1.807) is 0 Å². The van der Waals surface area contributed by atoms with Gasteiger partial charge < -0.3 is 25.4 Å². The second kappa shape index (κ2) is 8.02. The highest BCUT2D eigenvalue weighted by Gasteiger charge is 2.30. The number of anilines is 2. The van der Waals surface area contributed by atoms with E-state index in [1.165, 1.54) is 28.4 Å². The number of aromatic nitrogens is 1. The fourth-order valence-electron chi connectivity index (χ4n) is 3.99. The van der Waals surface area contributed by atoms with Gasteiger partial charge in [-0.05, 0) is 12.8 Å². The van der Waals surface area contributed by atoms with Crippen LogP contribution in [-0.4, -0.2) is 46.8 Å². The Balaban J connectivity index is 1.49. The molecule has 1 aromatic heterocycles. The van der Waals surface area contributed by atoms with E-state index in [4.69, 9.17) is 15.6 Å². The number of rotatable bonds is 4. The molecular formula is C19H22F2N4O3S. The highest BCUT2D eigenvalue weighted by molar-refractivity contribution is 7.13. The number of ether oxygens (including phenoxy) is 1. The van der Waals surface area contributed by atoms with Gasteiger partial charge in [-0.3, -0.25) is 0 Å². The Morgan fingerprint density at radius 2 is 1.90 bits per heavy atom. The van der Waals surface area contributed by atoms with E-state index < -0.39 is 29.6 Å². The molecule has 0 bridgehead atoms. The fourth-order valence-corrected chi connectivity index (χ4v) is 4.60. The summed E-state index contributed by atoms with van der Waals surface area (Å²) in [6, 6.07) is 2.52. The van der Waals surface area contributed by atoms with Gasteiger partial charge in [-0.1, -0.05) is 0 Å². The van der Waals surface area contributed by atoms with Crippen LogP contribution in [0.3, 0.4) is 0 Å². The van der Waals surface area contributed by atoms with E-state index in [0.717, 1.165) is 18.5 Å². The van der Waals surface area contributed by atoms with Crippen molar-refractivity contribution in [1.82, 2.24) is 9.88 Å². The predicted octanol–water partition coefficient (Wildman–Crippen LogP) is 3.87. The van der Waals surface area contributed by atoms with Crippen LogP contribution in [0.15, 0.2) is 17.5 Å². The number of amides is 1. The first-order valence-corrected chi connectivity index (χ1v) is 10.4. The zero-order valence-corrected chi connectivity index (χ0v) is 16.5. The Morgan fingerprint density at radius 1 is 1.21 bits per heavy atom. The number of piperidine rings is 1. The average Bonchev–Trinajstić information content (AvgIpc) is 3.33. The van der Waals surface area contributed by atoms with Crippen molar-refractivity contribution < 1.29 is 23.4 Å². The van der Waals surface area contributed by atoms with Crippen molar-refractivity contribution in [2.45, 2.75) is 37.8 Å². The second-order valence-electron chi connectivity index (χ2n) is 7.29. The van der Waals surface area contributed by atoms with Crippen LogP contribution in [0.2, 0.25) is 0 Å². The maximum Gasteiger partial charge on any atom is 0.407 e. The lowest BCUT2D eigenvalue weighted by molar-refractivity contribution is 0.0847. The van der Waals surface area contributed by atoms with Crippen LogP contribution in [0, 0.1) is 11.6 Å². The molecule has 3 N–H and O–H groups in total.